The molecule has 0 aliphatic rings. The zero-order chi connectivity index (χ0) is 17.3. The number of benzene rings is 2. The minimum atomic E-state index is -4.40. The highest BCUT2D eigenvalue weighted by molar-refractivity contribution is 5.87. The van der Waals surface area contributed by atoms with Crippen LogP contribution in [0.5, 0.6) is 5.75 Å². The third-order valence-electron chi connectivity index (χ3n) is 3.65. The number of halogens is 3. The first kappa shape index (κ1) is 16.0. The van der Waals surface area contributed by atoms with Crippen LogP contribution in [0, 0.1) is 0 Å². The maximum absolute atomic E-state index is 12.7. The van der Waals surface area contributed by atoms with Crippen LogP contribution in [-0.2, 0) is 6.18 Å². The van der Waals surface area contributed by atoms with E-state index in [1.54, 1.807) is 31.3 Å². The van der Waals surface area contributed by atoms with E-state index in [2.05, 4.69) is 5.32 Å². The van der Waals surface area contributed by atoms with Crippen molar-refractivity contribution in [2.75, 3.05) is 12.4 Å². The Balaban J connectivity index is 2.10. The lowest BCUT2D eigenvalue weighted by Crippen LogP contribution is -2.04. The normalized spacial score (nSPS) is 11.5. The van der Waals surface area contributed by atoms with Crippen molar-refractivity contribution in [3.63, 3.8) is 0 Å². The summed E-state index contributed by atoms with van der Waals surface area (Å²) in [5, 5.41) is 13.3. The van der Waals surface area contributed by atoms with Crippen LogP contribution in [0.3, 0.4) is 0 Å². The van der Waals surface area contributed by atoms with Crippen LogP contribution in [0.15, 0.2) is 59.0 Å². The Morgan fingerprint density at radius 3 is 2.08 bits per heavy atom. The third kappa shape index (κ3) is 2.82. The lowest BCUT2D eigenvalue weighted by molar-refractivity contribution is -0.137. The van der Waals surface area contributed by atoms with Crippen LogP contribution in [0.1, 0.15) is 5.56 Å². The first-order valence-corrected chi connectivity index (χ1v) is 7.18. The molecule has 6 heteroatoms. The molecule has 0 atom stereocenters. The summed E-state index contributed by atoms with van der Waals surface area (Å²) in [4.78, 5) is 0. The van der Waals surface area contributed by atoms with Gasteiger partial charge in [0.15, 0.2) is 11.5 Å². The van der Waals surface area contributed by atoms with Gasteiger partial charge in [-0.1, -0.05) is 42.5 Å². The fourth-order valence-electron chi connectivity index (χ4n) is 2.48. The van der Waals surface area contributed by atoms with E-state index in [0.29, 0.717) is 16.7 Å². The molecule has 3 rings (SSSR count). The van der Waals surface area contributed by atoms with Gasteiger partial charge in [0.25, 0.3) is 0 Å². The molecule has 1 heterocycles. The smallest absolute Gasteiger partial charge is 0.416 e. The lowest BCUT2D eigenvalue weighted by atomic mass is 10.0. The molecule has 3 nitrogen and oxygen atoms in total. The first-order chi connectivity index (χ1) is 11.4. The van der Waals surface area contributed by atoms with E-state index in [-0.39, 0.29) is 17.4 Å². The molecular formula is C18H14F3NO2. The molecule has 1 aromatic heterocycles. The zero-order valence-corrected chi connectivity index (χ0v) is 12.7. The number of anilines is 1. The number of alkyl halides is 3. The van der Waals surface area contributed by atoms with Crippen molar-refractivity contribution >= 4 is 5.88 Å². The highest BCUT2D eigenvalue weighted by Crippen LogP contribution is 2.46. The summed E-state index contributed by atoms with van der Waals surface area (Å²) in [6, 6.07) is 13.5. The van der Waals surface area contributed by atoms with Crippen molar-refractivity contribution < 1.29 is 22.7 Å². The fourth-order valence-corrected chi connectivity index (χ4v) is 2.48. The van der Waals surface area contributed by atoms with Crippen molar-refractivity contribution in [3.05, 3.63) is 60.2 Å². The number of furan rings is 1. The van der Waals surface area contributed by atoms with E-state index in [0.717, 1.165) is 12.1 Å². The second kappa shape index (κ2) is 5.96. The minimum Gasteiger partial charge on any atom is -0.504 e. The lowest BCUT2D eigenvalue weighted by Gasteiger charge is -2.08. The standard InChI is InChI=1S/C18H14F3NO2/c1-22-17-14(11-7-9-13(10-8-11)18(19,20)21)15(23)16(24-17)12-5-3-2-4-6-12/h2-10,22-23H,1H3. The Bertz CT molecular complexity index is 837. The van der Waals surface area contributed by atoms with Crippen molar-refractivity contribution in [1.82, 2.24) is 0 Å². The number of hydrogen-bond donors (Lipinski definition) is 2. The Morgan fingerprint density at radius 1 is 0.917 bits per heavy atom. The monoisotopic (exact) mass is 333 g/mol. The molecule has 0 unspecified atom stereocenters. The van der Waals surface area contributed by atoms with E-state index >= 15 is 0 Å². The summed E-state index contributed by atoms with van der Waals surface area (Å²) >= 11 is 0. The van der Waals surface area contributed by atoms with Gasteiger partial charge in [-0.25, -0.2) is 0 Å². The van der Waals surface area contributed by atoms with Crippen LogP contribution < -0.4 is 5.32 Å². The predicted molar refractivity (Wildman–Crippen MR) is 85.8 cm³/mol. The largest absolute Gasteiger partial charge is 0.504 e. The van der Waals surface area contributed by atoms with Crippen molar-refractivity contribution in [1.29, 1.82) is 0 Å². The van der Waals surface area contributed by atoms with Gasteiger partial charge in [-0.2, -0.15) is 13.2 Å². The van der Waals surface area contributed by atoms with Crippen LogP contribution in [-0.4, -0.2) is 12.2 Å². The van der Waals surface area contributed by atoms with Gasteiger partial charge in [0.05, 0.1) is 11.1 Å². The Morgan fingerprint density at radius 2 is 1.54 bits per heavy atom. The SMILES string of the molecule is CNc1oc(-c2ccccc2)c(O)c1-c1ccc(C(F)(F)F)cc1. The summed E-state index contributed by atoms with van der Waals surface area (Å²) in [5.41, 5.74) is 0.675. The van der Waals surface area contributed by atoms with Gasteiger partial charge in [0.1, 0.15) is 0 Å². The first-order valence-electron chi connectivity index (χ1n) is 7.18. The summed E-state index contributed by atoms with van der Waals surface area (Å²) in [5.74, 6) is 0.422. The maximum atomic E-state index is 12.7. The molecule has 2 aromatic carbocycles. The van der Waals surface area contributed by atoms with Crippen molar-refractivity contribution in [2.24, 2.45) is 0 Å². The summed E-state index contributed by atoms with van der Waals surface area (Å²) < 4.78 is 43.7. The van der Waals surface area contributed by atoms with Gasteiger partial charge in [0, 0.05) is 12.6 Å². The molecule has 2 N–H and O–H groups in total. The number of hydrogen-bond acceptors (Lipinski definition) is 3. The van der Waals surface area contributed by atoms with Gasteiger partial charge >= 0.3 is 6.18 Å². The second-order valence-electron chi connectivity index (χ2n) is 5.18. The van der Waals surface area contributed by atoms with Gasteiger partial charge < -0.3 is 14.8 Å². The Labute approximate surface area is 136 Å². The van der Waals surface area contributed by atoms with Gasteiger partial charge in [-0.15, -0.1) is 0 Å². The average Bonchev–Trinajstić information content (AvgIpc) is 2.91. The molecule has 0 aliphatic carbocycles. The second-order valence-corrected chi connectivity index (χ2v) is 5.18. The fraction of sp³-hybridized carbons (Fsp3) is 0.111. The van der Waals surface area contributed by atoms with E-state index in [4.69, 9.17) is 4.42 Å². The molecule has 0 saturated heterocycles. The summed E-state index contributed by atoms with van der Waals surface area (Å²) in [6.45, 7) is 0. The van der Waals surface area contributed by atoms with E-state index < -0.39 is 11.7 Å². The molecule has 0 aliphatic heterocycles. The number of nitrogens with one attached hydrogen (secondary N) is 1. The molecule has 0 saturated carbocycles. The number of rotatable bonds is 3. The van der Waals surface area contributed by atoms with Crippen molar-refractivity contribution in [2.45, 2.75) is 6.18 Å². The molecular weight excluding hydrogens is 319 g/mol. The zero-order valence-electron chi connectivity index (χ0n) is 12.7. The van der Waals surface area contributed by atoms with Crippen LogP contribution in [0.25, 0.3) is 22.5 Å². The summed E-state index contributed by atoms with van der Waals surface area (Å²) in [7, 11) is 1.61. The molecule has 124 valence electrons. The number of aromatic hydroxyl groups is 1. The van der Waals surface area contributed by atoms with Crippen molar-refractivity contribution in [3.8, 4) is 28.2 Å². The average molecular weight is 333 g/mol. The maximum Gasteiger partial charge on any atom is 0.416 e. The topological polar surface area (TPSA) is 45.4 Å². The highest BCUT2D eigenvalue weighted by Gasteiger charge is 2.30. The highest BCUT2D eigenvalue weighted by atomic mass is 19.4. The predicted octanol–water partition coefficient (Wildman–Crippen LogP) is 5.38. The molecule has 3 aromatic rings. The molecule has 0 radical (unpaired) electrons. The van der Waals surface area contributed by atoms with Gasteiger partial charge in [-0.05, 0) is 17.7 Å². The molecule has 0 amide bonds. The van der Waals surface area contributed by atoms with E-state index in [1.165, 1.54) is 12.1 Å². The van der Waals surface area contributed by atoms with Crippen LogP contribution in [0.4, 0.5) is 19.1 Å². The molecule has 0 fully saturated rings. The van der Waals surface area contributed by atoms with Crippen LogP contribution in [0.2, 0.25) is 0 Å². The quantitative estimate of drug-likeness (QED) is 0.676. The Hall–Kier alpha value is -2.89. The van der Waals surface area contributed by atoms with E-state index in [1.807, 2.05) is 6.07 Å². The van der Waals surface area contributed by atoms with Gasteiger partial charge in [0.2, 0.25) is 5.88 Å². The molecule has 0 spiro atoms. The van der Waals surface area contributed by atoms with E-state index in [9.17, 15) is 18.3 Å². The van der Waals surface area contributed by atoms with Crippen LogP contribution >= 0.6 is 0 Å². The Kier molecular flexibility index (Phi) is 3.97. The summed E-state index contributed by atoms with van der Waals surface area (Å²) in [6.07, 6.45) is -4.40. The molecule has 24 heavy (non-hydrogen) atoms. The molecule has 0 bridgehead atoms. The minimum absolute atomic E-state index is 0.120. The third-order valence-corrected chi connectivity index (χ3v) is 3.65. The van der Waals surface area contributed by atoms with Gasteiger partial charge in [-0.3, -0.25) is 0 Å².